The number of hydrogen-bond acceptors (Lipinski definition) is 2. The summed E-state index contributed by atoms with van der Waals surface area (Å²) in [7, 11) is -2.11. The minimum Gasteiger partial charge on any atom is -0.272 e. The highest BCUT2D eigenvalue weighted by Gasteiger charge is 2.14. The number of nitrogens with zero attached hydrogens (tertiary/aromatic N) is 1. The maximum absolute atomic E-state index is 11.6. The third kappa shape index (κ3) is 2.61. The molecule has 0 unspecified atom stereocenters. The molecule has 0 aromatic rings. The van der Waals surface area contributed by atoms with Crippen molar-refractivity contribution in [2.24, 2.45) is 4.36 Å². The second kappa shape index (κ2) is 3.34. The Bertz CT molecular complexity index is 252. The third-order valence-corrected chi connectivity index (χ3v) is 4.16. The topological polar surface area (TPSA) is 46.5 Å². The number of amides is 1. The highest BCUT2D eigenvalue weighted by Crippen LogP contribution is 2.13. The van der Waals surface area contributed by atoms with Gasteiger partial charge in [-0.05, 0) is 12.8 Å². The van der Waals surface area contributed by atoms with E-state index in [-0.39, 0.29) is 5.91 Å². The van der Waals surface area contributed by atoms with Crippen LogP contribution in [0.5, 0.6) is 0 Å². The van der Waals surface area contributed by atoms with Crippen molar-refractivity contribution < 1.29 is 9.00 Å². The molecule has 1 saturated heterocycles. The van der Waals surface area contributed by atoms with Crippen LogP contribution in [-0.4, -0.2) is 21.6 Å². The van der Waals surface area contributed by atoms with Crippen LogP contribution < -0.4 is 0 Å². The molecule has 0 saturated carbocycles. The predicted molar refractivity (Wildman–Crippen MR) is 44.8 cm³/mol. The van der Waals surface area contributed by atoms with Crippen LogP contribution in [-0.2, 0) is 14.5 Å². The molecule has 3 nitrogen and oxygen atoms in total. The fourth-order valence-electron chi connectivity index (χ4n) is 1.26. The average molecular weight is 175 g/mol. The minimum atomic E-state index is -2.11. The van der Waals surface area contributed by atoms with Crippen molar-refractivity contribution in [2.45, 2.75) is 26.2 Å². The first-order chi connectivity index (χ1) is 5.12. The van der Waals surface area contributed by atoms with E-state index in [9.17, 15) is 9.00 Å². The molecule has 0 radical (unpaired) electrons. The molecule has 4 heteroatoms. The van der Waals surface area contributed by atoms with E-state index in [0.29, 0.717) is 11.5 Å². The lowest BCUT2D eigenvalue weighted by molar-refractivity contribution is -0.115. The zero-order valence-corrected chi connectivity index (χ0v) is 7.52. The predicted octanol–water partition coefficient (Wildman–Crippen LogP) is 1.18. The molecule has 1 heterocycles. The normalized spacial score (nSPS) is 22.6. The van der Waals surface area contributed by atoms with Gasteiger partial charge in [0.2, 0.25) is 0 Å². The quantitative estimate of drug-likeness (QED) is 0.555. The minimum absolute atomic E-state index is 0.295. The van der Waals surface area contributed by atoms with Gasteiger partial charge in [0.05, 0.1) is 9.73 Å². The summed E-state index contributed by atoms with van der Waals surface area (Å²) in [6.07, 6.45) is 3.04. The van der Waals surface area contributed by atoms with Crippen LogP contribution in [0.2, 0.25) is 0 Å². The van der Waals surface area contributed by atoms with E-state index < -0.39 is 9.73 Å². The summed E-state index contributed by atoms with van der Waals surface area (Å²) in [4.78, 5) is 10.6. The summed E-state index contributed by atoms with van der Waals surface area (Å²) in [5.74, 6) is 0.941. The molecule has 0 bridgehead atoms. The maximum Gasteiger partial charge on any atom is 0.250 e. The Hall–Kier alpha value is -0.380. The molecule has 1 fully saturated rings. The fourth-order valence-corrected chi connectivity index (χ4v) is 3.43. The number of hydrogen-bond donors (Lipinski definition) is 0. The van der Waals surface area contributed by atoms with Gasteiger partial charge in [-0.3, -0.25) is 4.79 Å². The lowest BCUT2D eigenvalue weighted by Gasteiger charge is -2.13. The Balaban J connectivity index is 2.80. The molecule has 1 rings (SSSR count). The van der Waals surface area contributed by atoms with Gasteiger partial charge in [-0.2, -0.15) is 4.36 Å². The van der Waals surface area contributed by atoms with E-state index >= 15 is 0 Å². The molecular formula is C7H13NO2S. The van der Waals surface area contributed by atoms with Crippen molar-refractivity contribution in [3.63, 3.8) is 0 Å². The van der Waals surface area contributed by atoms with Gasteiger partial charge < -0.3 is 0 Å². The molecule has 0 N–H and O–H groups in total. The number of carbonyl (C=O) groups excluding carboxylic acids is 1. The monoisotopic (exact) mass is 175 g/mol. The van der Waals surface area contributed by atoms with Crippen LogP contribution in [0.15, 0.2) is 4.36 Å². The van der Waals surface area contributed by atoms with E-state index in [2.05, 4.69) is 4.36 Å². The van der Waals surface area contributed by atoms with E-state index in [1.807, 2.05) is 0 Å². The van der Waals surface area contributed by atoms with Crippen molar-refractivity contribution >= 4 is 15.6 Å². The lowest BCUT2D eigenvalue weighted by atomic mass is 10.3. The molecule has 0 aliphatic carbocycles. The Morgan fingerprint density at radius 1 is 1.27 bits per heavy atom. The first kappa shape index (κ1) is 8.71. The molecule has 0 atom stereocenters. The Kier molecular flexibility index (Phi) is 2.65. The summed E-state index contributed by atoms with van der Waals surface area (Å²) in [6, 6.07) is 0. The number of rotatable bonds is 0. The van der Waals surface area contributed by atoms with Crippen molar-refractivity contribution in [3.8, 4) is 0 Å². The molecule has 0 aromatic heterocycles. The molecule has 1 amide bonds. The van der Waals surface area contributed by atoms with Crippen molar-refractivity contribution in [1.82, 2.24) is 0 Å². The standard InChI is InChI=1S/C7H13NO2S/c1-7(9)8-11(10)5-3-2-4-6-11/h2-6H2,1H3. The Labute approximate surface area is 67.4 Å². The number of carbonyl (C=O) groups is 1. The van der Waals surface area contributed by atoms with E-state index in [1.54, 1.807) is 0 Å². The van der Waals surface area contributed by atoms with Gasteiger partial charge in [-0.15, -0.1) is 0 Å². The summed E-state index contributed by atoms with van der Waals surface area (Å²) >= 11 is 0. The summed E-state index contributed by atoms with van der Waals surface area (Å²) < 4.78 is 15.3. The van der Waals surface area contributed by atoms with Crippen molar-refractivity contribution in [3.05, 3.63) is 0 Å². The second-order valence-corrected chi connectivity index (χ2v) is 5.40. The molecule has 11 heavy (non-hydrogen) atoms. The molecular weight excluding hydrogens is 162 g/mol. The third-order valence-electron chi connectivity index (χ3n) is 1.72. The van der Waals surface area contributed by atoms with Crippen LogP contribution in [0.4, 0.5) is 0 Å². The van der Waals surface area contributed by atoms with E-state index in [0.717, 1.165) is 19.3 Å². The van der Waals surface area contributed by atoms with E-state index in [4.69, 9.17) is 0 Å². The molecule has 1 aliphatic rings. The van der Waals surface area contributed by atoms with Gasteiger partial charge >= 0.3 is 0 Å². The van der Waals surface area contributed by atoms with Crippen LogP contribution >= 0.6 is 0 Å². The van der Waals surface area contributed by atoms with Crippen LogP contribution in [0.25, 0.3) is 0 Å². The summed E-state index contributed by atoms with van der Waals surface area (Å²) in [5.41, 5.74) is 0. The van der Waals surface area contributed by atoms with Gasteiger partial charge in [0.1, 0.15) is 0 Å². The molecule has 1 aliphatic heterocycles. The Morgan fingerprint density at radius 3 is 2.27 bits per heavy atom. The molecule has 0 spiro atoms. The lowest BCUT2D eigenvalue weighted by Crippen LogP contribution is -2.17. The van der Waals surface area contributed by atoms with Crippen molar-refractivity contribution in [2.75, 3.05) is 11.5 Å². The smallest absolute Gasteiger partial charge is 0.250 e. The van der Waals surface area contributed by atoms with Crippen LogP contribution in [0.1, 0.15) is 26.2 Å². The second-order valence-electron chi connectivity index (χ2n) is 2.85. The molecule has 64 valence electrons. The first-order valence-corrected chi connectivity index (χ1v) is 5.71. The fraction of sp³-hybridized carbons (Fsp3) is 0.857. The SMILES string of the molecule is CC(=O)N=S1(=O)CCCCC1. The van der Waals surface area contributed by atoms with Gasteiger partial charge in [0.25, 0.3) is 5.91 Å². The maximum atomic E-state index is 11.6. The van der Waals surface area contributed by atoms with Crippen LogP contribution in [0, 0.1) is 0 Å². The molecule has 0 aromatic carbocycles. The summed E-state index contributed by atoms with van der Waals surface area (Å²) in [5, 5.41) is 0. The van der Waals surface area contributed by atoms with Crippen molar-refractivity contribution in [1.29, 1.82) is 0 Å². The summed E-state index contributed by atoms with van der Waals surface area (Å²) in [6.45, 7) is 1.36. The highest BCUT2D eigenvalue weighted by molar-refractivity contribution is 7.93. The Morgan fingerprint density at radius 2 is 1.82 bits per heavy atom. The zero-order chi connectivity index (χ0) is 8.32. The van der Waals surface area contributed by atoms with Gasteiger partial charge in [-0.1, -0.05) is 6.42 Å². The van der Waals surface area contributed by atoms with Gasteiger partial charge in [-0.25, -0.2) is 4.21 Å². The zero-order valence-electron chi connectivity index (χ0n) is 6.71. The average Bonchev–Trinajstić information content (AvgIpc) is 1.85. The van der Waals surface area contributed by atoms with E-state index in [1.165, 1.54) is 6.92 Å². The van der Waals surface area contributed by atoms with Gasteiger partial charge in [0.15, 0.2) is 0 Å². The van der Waals surface area contributed by atoms with Gasteiger partial charge in [0, 0.05) is 18.4 Å². The largest absolute Gasteiger partial charge is 0.272 e. The first-order valence-electron chi connectivity index (χ1n) is 3.85. The highest BCUT2D eigenvalue weighted by atomic mass is 32.2. The van der Waals surface area contributed by atoms with Crippen LogP contribution in [0.3, 0.4) is 0 Å².